The van der Waals surface area contributed by atoms with Crippen LogP contribution in [0.15, 0.2) is 44.7 Å². The van der Waals surface area contributed by atoms with Crippen LogP contribution in [-0.4, -0.2) is 16.1 Å². The summed E-state index contributed by atoms with van der Waals surface area (Å²) in [6.45, 7) is 0. The van der Waals surface area contributed by atoms with Crippen LogP contribution in [-0.2, 0) is 0 Å². The molecule has 0 aliphatic rings. The number of halogens is 2. The number of thiophene rings is 1. The van der Waals surface area contributed by atoms with E-state index >= 15 is 0 Å². The highest BCUT2D eigenvalue weighted by Gasteiger charge is 2.14. The molecule has 0 aliphatic carbocycles. The van der Waals surface area contributed by atoms with Crippen molar-refractivity contribution in [2.45, 2.75) is 0 Å². The van der Waals surface area contributed by atoms with Crippen molar-refractivity contribution in [2.24, 2.45) is 0 Å². The smallest absolute Gasteiger partial charge is 0.336 e. The van der Waals surface area contributed by atoms with Crippen LogP contribution in [0.4, 0.5) is 0 Å². The summed E-state index contributed by atoms with van der Waals surface area (Å²) in [7, 11) is 0. The molecule has 0 radical (unpaired) electrons. The fraction of sp³-hybridized carbons (Fsp3) is 0. The normalized spacial score (nSPS) is 10.9. The predicted octanol–water partition coefficient (Wildman–Crippen LogP) is 5.19. The van der Waals surface area contributed by atoms with Gasteiger partial charge in [0.1, 0.15) is 0 Å². The van der Waals surface area contributed by atoms with Crippen molar-refractivity contribution in [3.05, 3.63) is 50.2 Å². The van der Waals surface area contributed by atoms with E-state index in [1.165, 1.54) is 11.3 Å². The SMILES string of the molecule is O=C(O)c1cc(-c2cc(Br)cs2)nc2ccc(Br)cc12. The van der Waals surface area contributed by atoms with Gasteiger partial charge in [0, 0.05) is 19.7 Å². The number of carbonyl (C=O) groups is 1. The van der Waals surface area contributed by atoms with Crippen molar-refractivity contribution in [3.8, 4) is 10.6 Å². The highest BCUT2D eigenvalue weighted by atomic mass is 79.9. The van der Waals surface area contributed by atoms with Crippen molar-refractivity contribution >= 4 is 60.1 Å². The molecule has 100 valence electrons. The molecule has 0 aliphatic heterocycles. The Morgan fingerprint density at radius 1 is 1.15 bits per heavy atom. The third-order valence-electron chi connectivity index (χ3n) is 2.82. The van der Waals surface area contributed by atoms with Crippen LogP contribution in [0.2, 0.25) is 0 Å². The zero-order chi connectivity index (χ0) is 14.3. The van der Waals surface area contributed by atoms with E-state index in [9.17, 15) is 9.90 Å². The van der Waals surface area contributed by atoms with Gasteiger partial charge >= 0.3 is 5.97 Å². The Labute approximate surface area is 135 Å². The fourth-order valence-electron chi connectivity index (χ4n) is 1.95. The van der Waals surface area contributed by atoms with E-state index in [1.807, 2.05) is 23.6 Å². The van der Waals surface area contributed by atoms with Crippen molar-refractivity contribution in [3.63, 3.8) is 0 Å². The van der Waals surface area contributed by atoms with E-state index in [1.54, 1.807) is 12.1 Å². The molecular weight excluding hydrogens is 406 g/mol. The molecule has 3 aromatic rings. The molecule has 1 aromatic carbocycles. The number of carboxylic acids is 1. The molecule has 20 heavy (non-hydrogen) atoms. The molecule has 6 heteroatoms. The molecule has 0 bridgehead atoms. The van der Waals surface area contributed by atoms with E-state index in [0.717, 1.165) is 13.8 Å². The van der Waals surface area contributed by atoms with Gasteiger partial charge < -0.3 is 5.11 Å². The number of hydrogen-bond acceptors (Lipinski definition) is 3. The first-order chi connectivity index (χ1) is 9.54. The van der Waals surface area contributed by atoms with Crippen LogP contribution in [0.1, 0.15) is 10.4 Å². The lowest BCUT2D eigenvalue weighted by Crippen LogP contribution is -2.00. The minimum absolute atomic E-state index is 0.260. The number of nitrogens with zero attached hydrogens (tertiary/aromatic N) is 1. The van der Waals surface area contributed by atoms with Crippen LogP contribution in [0, 0.1) is 0 Å². The first-order valence-corrected chi connectivity index (χ1v) is 8.09. The summed E-state index contributed by atoms with van der Waals surface area (Å²) >= 11 is 8.28. The van der Waals surface area contributed by atoms with Crippen LogP contribution in [0.5, 0.6) is 0 Å². The second-order valence-electron chi connectivity index (χ2n) is 4.15. The van der Waals surface area contributed by atoms with E-state index in [4.69, 9.17) is 0 Å². The lowest BCUT2D eigenvalue weighted by atomic mass is 10.1. The lowest BCUT2D eigenvalue weighted by Gasteiger charge is -2.06. The molecule has 3 nitrogen and oxygen atoms in total. The Kier molecular flexibility index (Phi) is 3.62. The molecule has 0 spiro atoms. The van der Waals surface area contributed by atoms with E-state index < -0.39 is 5.97 Å². The van der Waals surface area contributed by atoms with Crippen molar-refractivity contribution < 1.29 is 9.90 Å². The molecule has 0 saturated carbocycles. The Hall–Kier alpha value is -1.24. The van der Waals surface area contributed by atoms with Crippen molar-refractivity contribution in [1.29, 1.82) is 0 Å². The maximum absolute atomic E-state index is 11.5. The number of aromatic nitrogens is 1. The van der Waals surface area contributed by atoms with Gasteiger partial charge in [-0.1, -0.05) is 15.9 Å². The Morgan fingerprint density at radius 3 is 2.60 bits per heavy atom. The third kappa shape index (κ3) is 2.51. The standard InChI is InChI=1S/C14H7Br2NO2S/c15-7-1-2-11-9(3-7)10(14(18)19)5-12(17-11)13-4-8(16)6-20-13/h1-6H,(H,18,19). The minimum Gasteiger partial charge on any atom is -0.478 e. The van der Waals surface area contributed by atoms with Crippen molar-refractivity contribution in [1.82, 2.24) is 4.98 Å². The zero-order valence-electron chi connectivity index (χ0n) is 9.93. The topological polar surface area (TPSA) is 50.2 Å². The van der Waals surface area contributed by atoms with E-state index in [2.05, 4.69) is 36.8 Å². The van der Waals surface area contributed by atoms with Gasteiger partial charge in [0.15, 0.2) is 0 Å². The maximum Gasteiger partial charge on any atom is 0.336 e. The monoisotopic (exact) mass is 411 g/mol. The number of pyridine rings is 1. The van der Waals surface area contributed by atoms with Gasteiger partial charge in [-0.05, 0) is 46.3 Å². The molecule has 2 aromatic heterocycles. The number of hydrogen-bond donors (Lipinski definition) is 1. The molecule has 3 rings (SSSR count). The molecular formula is C14H7Br2NO2S. The summed E-state index contributed by atoms with van der Waals surface area (Å²) in [4.78, 5) is 16.9. The zero-order valence-corrected chi connectivity index (χ0v) is 13.9. The van der Waals surface area contributed by atoms with Crippen molar-refractivity contribution in [2.75, 3.05) is 0 Å². The average Bonchev–Trinajstić information content (AvgIpc) is 2.84. The van der Waals surface area contributed by atoms with Gasteiger partial charge in [-0.25, -0.2) is 9.78 Å². The summed E-state index contributed by atoms with van der Waals surface area (Å²) in [5, 5.41) is 12.0. The second kappa shape index (κ2) is 5.27. The van der Waals surface area contributed by atoms with Crippen LogP contribution < -0.4 is 0 Å². The van der Waals surface area contributed by atoms with Crippen LogP contribution in [0.25, 0.3) is 21.5 Å². The van der Waals surface area contributed by atoms with Crippen LogP contribution >= 0.6 is 43.2 Å². The minimum atomic E-state index is -0.952. The Balaban J connectivity index is 2.31. The Morgan fingerprint density at radius 2 is 1.95 bits per heavy atom. The average molecular weight is 413 g/mol. The summed E-state index contributed by atoms with van der Waals surface area (Å²) < 4.78 is 1.80. The summed E-state index contributed by atoms with van der Waals surface area (Å²) in [6.07, 6.45) is 0. The molecule has 0 unspecified atom stereocenters. The van der Waals surface area contributed by atoms with Crippen LogP contribution in [0.3, 0.4) is 0 Å². The molecule has 2 heterocycles. The van der Waals surface area contributed by atoms with Gasteiger partial charge in [0.2, 0.25) is 0 Å². The molecule has 0 saturated heterocycles. The largest absolute Gasteiger partial charge is 0.478 e. The Bertz CT molecular complexity index is 829. The second-order valence-corrected chi connectivity index (χ2v) is 6.89. The first-order valence-electron chi connectivity index (χ1n) is 5.62. The number of rotatable bonds is 2. The molecule has 0 fully saturated rings. The van der Waals surface area contributed by atoms with Gasteiger partial charge in [0.05, 0.1) is 21.7 Å². The van der Waals surface area contributed by atoms with E-state index in [-0.39, 0.29) is 5.56 Å². The highest BCUT2D eigenvalue weighted by Crippen LogP contribution is 2.32. The van der Waals surface area contributed by atoms with Gasteiger partial charge in [-0.2, -0.15) is 0 Å². The lowest BCUT2D eigenvalue weighted by molar-refractivity contribution is 0.0699. The quantitative estimate of drug-likeness (QED) is 0.630. The first kappa shape index (κ1) is 13.7. The number of benzene rings is 1. The summed E-state index contributed by atoms with van der Waals surface area (Å²) in [5.41, 5.74) is 1.61. The number of carboxylic acid groups (broad SMARTS) is 1. The molecule has 1 N–H and O–H groups in total. The summed E-state index contributed by atoms with van der Waals surface area (Å²) in [5.74, 6) is -0.952. The predicted molar refractivity (Wildman–Crippen MR) is 87.4 cm³/mol. The fourth-order valence-corrected chi connectivity index (χ4v) is 3.70. The highest BCUT2D eigenvalue weighted by molar-refractivity contribution is 9.10. The van der Waals surface area contributed by atoms with Gasteiger partial charge in [-0.3, -0.25) is 0 Å². The maximum atomic E-state index is 11.5. The van der Waals surface area contributed by atoms with Gasteiger partial charge in [0.25, 0.3) is 0 Å². The number of aromatic carboxylic acids is 1. The van der Waals surface area contributed by atoms with Gasteiger partial charge in [-0.15, -0.1) is 11.3 Å². The third-order valence-corrected chi connectivity index (χ3v) is 5.03. The number of fused-ring (bicyclic) bond motifs is 1. The molecule has 0 atom stereocenters. The summed E-state index contributed by atoms with van der Waals surface area (Å²) in [6, 6.07) is 9.01. The molecule has 0 amide bonds. The van der Waals surface area contributed by atoms with E-state index in [0.29, 0.717) is 16.6 Å².